The maximum atomic E-state index is 10.1. The van der Waals surface area contributed by atoms with Crippen molar-refractivity contribution in [2.45, 2.75) is 19.8 Å². The Morgan fingerprint density at radius 2 is 2.00 bits per heavy atom. The zero-order valence-corrected chi connectivity index (χ0v) is 7.27. The Morgan fingerprint density at radius 1 is 1.62 bits per heavy atom. The first kappa shape index (κ1) is 8.47. The topological polar surface area (TPSA) is 37.3 Å². The molecule has 0 aromatic heterocycles. The van der Waals surface area contributed by atoms with Gasteiger partial charge in [-0.2, -0.15) is 0 Å². The number of rotatable bonds is 1. The molecule has 2 nitrogen and oxygen atoms in total. The third-order valence-electron chi connectivity index (χ3n) is 1.52. The summed E-state index contributed by atoms with van der Waals surface area (Å²) in [4.78, 5) is 10.1. The van der Waals surface area contributed by atoms with Gasteiger partial charge in [-0.3, -0.25) is 4.79 Å². The van der Waals surface area contributed by atoms with E-state index in [1.54, 1.807) is 6.92 Å². The van der Waals surface area contributed by atoms with Crippen LogP contribution in [0, 0.1) is 5.41 Å². The molecule has 1 radical (unpaired) electrons. The fourth-order valence-corrected chi connectivity index (χ4v) is 0.401. The van der Waals surface area contributed by atoms with E-state index in [2.05, 4.69) is 0 Å². The van der Waals surface area contributed by atoms with Gasteiger partial charge in [0.1, 0.15) is 0 Å². The molecule has 0 spiro atoms. The molecule has 3 heteroatoms. The van der Waals surface area contributed by atoms with Crippen LogP contribution in [0.4, 0.5) is 0 Å². The minimum absolute atomic E-state index is 0. The number of carboxylic acids is 1. The van der Waals surface area contributed by atoms with E-state index in [0.29, 0.717) is 0 Å². The van der Waals surface area contributed by atoms with E-state index in [9.17, 15) is 4.79 Å². The molecule has 1 fully saturated rings. The summed E-state index contributed by atoms with van der Waals surface area (Å²) < 4.78 is 0. The molecule has 0 amide bonds. The van der Waals surface area contributed by atoms with Crippen LogP contribution in [-0.2, 0) is 4.79 Å². The minimum Gasteiger partial charge on any atom is -0.481 e. The average molecular weight is 123 g/mol. The van der Waals surface area contributed by atoms with Crippen molar-refractivity contribution in [1.29, 1.82) is 0 Å². The quantitative estimate of drug-likeness (QED) is 0.515. The monoisotopic (exact) mass is 123 g/mol. The standard InChI is InChI=1S/C5H8O2.Na/c1-5(2-3-5)4(6)7;/h2-3H2,1H3,(H,6,7);. The Labute approximate surface area is 70.6 Å². The van der Waals surface area contributed by atoms with E-state index in [-0.39, 0.29) is 35.0 Å². The van der Waals surface area contributed by atoms with Crippen molar-refractivity contribution in [2.75, 3.05) is 0 Å². The molecule has 8 heavy (non-hydrogen) atoms. The maximum absolute atomic E-state index is 10.1. The van der Waals surface area contributed by atoms with Crippen LogP contribution in [0.5, 0.6) is 0 Å². The van der Waals surface area contributed by atoms with Gasteiger partial charge < -0.3 is 5.11 Å². The van der Waals surface area contributed by atoms with Crippen LogP contribution in [0.3, 0.4) is 0 Å². The van der Waals surface area contributed by atoms with Crippen LogP contribution in [0.25, 0.3) is 0 Å². The molecule has 0 atom stereocenters. The molecule has 0 saturated heterocycles. The predicted molar refractivity (Wildman–Crippen MR) is 30.7 cm³/mol. The smallest absolute Gasteiger partial charge is 0.309 e. The Morgan fingerprint density at radius 3 is 2.00 bits per heavy atom. The molecule has 0 bridgehead atoms. The SMILES string of the molecule is CC1(C(=O)O)CC1.[Na]. The summed E-state index contributed by atoms with van der Waals surface area (Å²) in [6.45, 7) is 1.77. The molecule has 0 aromatic rings. The number of aliphatic carboxylic acids is 1. The Hall–Kier alpha value is 0.470. The molecule has 1 rings (SSSR count). The van der Waals surface area contributed by atoms with E-state index in [1.807, 2.05) is 0 Å². The first-order valence-electron chi connectivity index (χ1n) is 2.38. The Bertz CT molecular complexity index is 107. The van der Waals surface area contributed by atoms with E-state index >= 15 is 0 Å². The van der Waals surface area contributed by atoms with Crippen molar-refractivity contribution in [3.8, 4) is 0 Å². The van der Waals surface area contributed by atoms with Crippen molar-refractivity contribution >= 4 is 35.5 Å². The molecule has 1 N–H and O–H groups in total. The third kappa shape index (κ3) is 1.47. The Kier molecular flexibility index (Phi) is 2.52. The van der Waals surface area contributed by atoms with E-state index < -0.39 is 5.97 Å². The minimum atomic E-state index is -0.646. The zero-order chi connectivity index (χ0) is 5.49. The molecule has 0 heterocycles. The Balaban J connectivity index is 0.000000490. The van der Waals surface area contributed by atoms with Crippen molar-refractivity contribution in [1.82, 2.24) is 0 Å². The van der Waals surface area contributed by atoms with Crippen LogP contribution >= 0.6 is 0 Å². The number of carbonyl (C=O) groups is 1. The summed E-state index contributed by atoms with van der Waals surface area (Å²) in [7, 11) is 0. The molecular formula is C5H8NaO2. The van der Waals surface area contributed by atoms with Gasteiger partial charge in [-0.25, -0.2) is 0 Å². The fourth-order valence-electron chi connectivity index (χ4n) is 0.401. The van der Waals surface area contributed by atoms with Crippen molar-refractivity contribution in [2.24, 2.45) is 5.41 Å². The summed E-state index contributed by atoms with van der Waals surface area (Å²) in [6, 6.07) is 0. The van der Waals surface area contributed by atoms with Gasteiger partial charge in [-0.15, -0.1) is 0 Å². The molecule has 1 aliphatic rings. The second kappa shape index (κ2) is 2.38. The summed E-state index contributed by atoms with van der Waals surface area (Å²) in [5.74, 6) is -0.646. The zero-order valence-electron chi connectivity index (χ0n) is 5.27. The summed E-state index contributed by atoms with van der Waals surface area (Å²) in [6.07, 6.45) is 1.73. The average Bonchev–Trinajstić information content (AvgIpc) is 2.21. The van der Waals surface area contributed by atoms with Crippen molar-refractivity contribution in [3.05, 3.63) is 0 Å². The fraction of sp³-hybridized carbons (Fsp3) is 0.800. The van der Waals surface area contributed by atoms with Crippen LogP contribution in [0.1, 0.15) is 19.8 Å². The van der Waals surface area contributed by atoms with Crippen LogP contribution in [0.2, 0.25) is 0 Å². The third-order valence-corrected chi connectivity index (χ3v) is 1.52. The molecular weight excluding hydrogens is 115 g/mol. The van der Waals surface area contributed by atoms with Crippen molar-refractivity contribution < 1.29 is 9.90 Å². The molecule has 1 aliphatic carbocycles. The first-order valence-corrected chi connectivity index (χ1v) is 2.38. The predicted octanol–water partition coefficient (Wildman–Crippen LogP) is 0.490. The van der Waals surface area contributed by atoms with Gasteiger partial charge in [0.25, 0.3) is 0 Å². The largest absolute Gasteiger partial charge is 0.481 e. The molecule has 1 saturated carbocycles. The van der Waals surface area contributed by atoms with E-state index in [4.69, 9.17) is 5.11 Å². The van der Waals surface area contributed by atoms with Crippen LogP contribution < -0.4 is 0 Å². The van der Waals surface area contributed by atoms with E-state index in [0.717, 1.165) is 12.8 Å². The van der Waals surface area contributed by atoms with Gasteiger partial charge in [0.05, 0.1) is 5.41 Å². The van der Waals surface area contributed by atoms with Gasteiger partial charge in [0.15, 0.2) is 0 Å². The van der Waals surface area contributed by atoms with E-state index in [1.165, 1.54) is 0 Å². The van der Waals surface area contributed by atoms with Gasteiger partial charge in [0.2, 0.25) is 0 Å². The second-order valence-corrected chi connectivity index (χ2v) is 2.37. The first-order chi connectivity index (χ1) is 3.15. The van der Waals surface area contributed by atoms with Gasteiger partial charge in [0, 0.05) is 29.6 Å². The molecule has 41 valence electrons. The summed E-state index contributed by atoms with van der Waals surface area (Å²) in [5, 5.41) is 8.31. The molecule has 0 aromatic carbocycles. The van der Waals surface area contributed by atoms with Gasteiger partial charge in [-0.05, 0) is 19.8 Å². The van der Waals surface area contributed by atoms with Crippen LogP contribution in [0.15, 0.2) is 0 Å². The number of carboxylic acid groups (broad SMARTS) is 1. The maximum Gasteiger partial charge on any atom is 0.309 e. The second-order valence-electron chi connectivity index (χ2n) is 2.37. The normalized spacial score (nSPS) is 21.1. The van der Waals surface area contributed by atoms with Gasteiger partial charge >= 0.3 is 5.97 Å². The number of hydrogen-bond acceptors (Lipinski definition) is 1. The molecule has 0 aliphatic heterocycles. The number of hydrogen-bond donors (Lipinski definition) is 1. The van der Waals surface area contributed by atoms with Gasteiger partial charge in [-0.1, -0.05) is 0 Å². The molecule has 0 unspecified atom stereocenters. The van der Waals surface area contributed by atoms with Crippen LogP contribution in [-0.4, -0.2) is 40.6 Å². The van der Waals surface area contributed by atoms with Crippen molar-refractivity contribution in [3.63, 3.8) is 0 Å². The summed E-state index contributed by atoms with van der Waals surface area (Å²) >= 11 is 0. The summed E-state index contributed by atoms with van der Waals surface area (Å²) in [5.41, 5.74) is -0.333.